The van der Waals surface area contributed by atoms with E-state index in [1.807, 2.05) is 47.9 Å². The van der Waals surface area contributed by atoms with Gasteiger partial charge in [-0.3, -0.25) is 14.4 Å². The van der Waals surface area contributed by atoms with E-state index in [2.05, 4.69) is 10.6 Å². The first-order valence-electron chi connectivity index (χ1n) is 15.0. The van der Waals surface area contributed by atoms with Crippen LogP contribution < -0.4 is 10.6 Å². The fraction of sp³-hybridized carbons (Fsp3) is 0.710. The van der Waals surface area contributed by atoms with Crippen molar-refractivity contribution < 1.29 is 14.4 Å². The lowest BCUT2D eigenvalue weighted by molar-refractivity contribution is -0.137. The van der Waals surface area contributed by atoms with Gasteiger partial charge in [0.15, 0.2) is 0 Å². The van der Waals surface area contributed by atoms with Gasteiger partial charge in [0.25, 0.3) is 0 Å². The van der Waals surface area contributed by atoms with Crippen LogP contribution >= 0.6 is 11.6 Å². The molecule has 2 saturated heterocycles. The maximum atomic E-state index is 14.0. The van der Waals surface area contributed by atoms with Gasteiger partial charge in [0.2, 0.25) is 17.7 Å². The highest BCUT2D eigenvalue weighted by Gasteiger charge is 2.44. The second kappa shape index (κ2) is 13.5. The number of piperidine rings is 2. The molecule has 1 atom stereocenters. The molecule has 1 aromatic carbocycles. The van der Waals surface area contributed by atoms with E-state index in [1.165, 1.54) is 19.3 Å². The Labute approximate surface area is 239 Å². The average Bonchev–Trinajstić information content (AvgIpc) is 2.94. The second-order valence-electron chi connectivity index (χ2n) is 12.3. The number of rotatable bonds is 8. The topological polar surface area (TPSA) is 81.8 Å². The van der Waals surface area contributed by atoms with E-state index >= 15 is 0 Å². The number of hydrogen-bond acceptors (Lipinski definition) is 4. The number of likely N-dealkylation sites (tertiary alicyclic amines) is 2. The lowest BCUT2D eigenvalue weighted by Gasteiger charge is -2.49. The van der Waals surface area contributed by atoms with E-state index in [4.69, 9.17) is 11.6 Å². The van der Waals surface area contributed by atoms with Crippen LogP contribution in [-0.2, 0) is 20.8 Å². The number of benzene rings is 1. The van der Waals surface area contributed by atoms with Crippen molar-refractivity contribution >= 4 is 29.3 Å². The number of hydrogen-bond donors (Lipinski definition) is 2. The zero-order chi connectivity index (χ0) is 28.0. The maximum absolute atomic E-state index is 14.0. The highest BCUT2D eigenvalue weighted by Crippen LogP contribution is 2.39. The third kappa shape index (κ3) is 7.75. The summed E-state index contributed by atoms with van der Waals surface area (Å²) in [7, 11) is 0. The zero-order valence-electron chi connectivity index (χ0n) is 24.0. The van der Waals surface area contributed by atoms with Gasteiger partial charge in [0.1, 0.15) is 0 Å². The molecule has 39 heavy (non-hydrogen) atoms. The van der Waals surface area contributed by atoms with Crippen molar-refractivity contribution in [2.24, 2.45) is 11.8 Å². The summed E-state index contributed by atoms with van der Waals surface area (Å²) in [6.07, 6.45) is 9.95. The predicted octanol–water partition coefficient (Wildman–Crippen LogP) is 4.57. The first-order valence-corrected chi connectivity index (χ1v) is 15.4. The van der Waals surface area contributed by atoms with Gasteiger partial charge in [0.05, 0.1) is 6.04 Å². The molecule has 1 saturated carbocycles. The average molecular weight is 559 g/mol. The highest BCUT2D eigenvalue weighted by molar-refractivity contribution is 6.30. The molecule has 3 fully saturated rings. The number of carbonyl (C=O) groups is 3. The van der Waals surface area contributed by atoms with Gasteiger partial charge in [-0.05, 0) is 68.6 Å². The number of halogens is 1. The minimum atomic E-state index is -0.340. The van der Waals surface area contributed by atoms with E-state index in [1.54, 1.807) is 6.92 Å². The summed E-state index contributed by atoms with van der Waals surface area (Å²) in [5.74, 6) is 0.806. The SMILES string of the molecule is CC(=O)N1CCC(N[C@H](Cc2ccc(Cl)cc2)C(=O)N2CCC(NC(=O)C(C)C)(C3CCCCC3)CC2)CC1. The summed E-state index contributed by atoms with van der Waals surface area (Å²) >= 11 is 6.12. The molecule has 0 radical (unpaired) electrons. The molecule has 7 nitrogen and oxygen atoms in total. The van der Waals surface area contributed by atoms with Gasteiger partial charge < -0.3 is 20.4 Å². The van der Waals surface area contributed by atoms with Crippen LogP contribution in [-0.4, -0.2) is 71.3 Å². The van der Waals surface area contributed by atoms with Crippen LogP contribution in [0.4, 0.5) is 0 Å². The summed E-state index contributed by atoms with van der Waals surface area (Å²) in [4.78, 5) is 42.6. The summed E-state index contributed by atoms with van der Waals surface area (Å²) < 4.78 is 0. The molecule has 1 aromatic rings. The third-order valence-corrected chi connectivity index (χ3v) is 9.53. The van der Waals surface area contributed by atoms with E-state index in [0.29, 0.717) is 30.5 Å². The minimum Gasteiger partial charge on any atom is -0.350 e. The van der Waals surface area contributed by atoms with Crippen LogP contribution in [0.2, 0.25) is 5.02 Å². The molecule has 0 spiro atoms. The van der Waals surface area contributed by atoms with Crippen molar-refractivity contribution in [3.63, 3.8) is 0 Å². The Kier molecular flexibility index (Phi) is 10.3. The number of amides is 3. The molecule has 0 bridgehead atoms. The van der Waals surface area contributed by atoms with Crippen molar-refractivity contribution in [1.82, 2.24) is 20.4 Å². The maximum Gasteiger partial charge on any atom is 0.240 e. The summed E-state index contributed by atoms with van der Waals surface area (Å²) in [5, 5.41) is 7.84. The van der Waals surface area contributed by atoms with Crippen LogP contribution in [0.1, 0.15) is 84.1 Å². The summed E-state index contributed by atoms with van der Waals surface area (Å²) in [6.45, 7) is 8.29. The van der Waals surface area contributed by atoms with Crippen LogP contribution in [0.3, 0.4) is 0 Å². The standard InChI is InChI=1S/C31H47ClN4O3/c1-22(2)29(38)34-31(25-7-5-4-6-8-25)15-19-36(20-16-31)30(39)28(21-24-9-11-26(32)12-10-24)33-27-13-17-35(18-14-27)23(3)37/h9-12,22,25,27-28,33H,4-8,13-21H2,1-3H3,(H,34,38)/t28-/m1/s1. The fourth-order valence-electron chi connectivity index (χ4n) is 6.75. The Hall–Kier alpha value is -2.12. The van der Waals surface area contributed by atoms with Crippen LogP contribution in [0.25, 0.3) is 0 Å². The van der Waals surface area contributed by atoms with E-state index in [-0.39, 0.29) is 41.3 Å². The van der Waals surface area contributed by atoms with Crippen LogP contribution in [0.15, 0.2) is 24.3 Å². The van der Waals surface area contributed by atoms with Gasteiger partial charge >= 0.3 is 0 Å². The van der Waals surface area contributed by atoms with Crippen LogP contribution in [0, 0.1) is 11.8 Å². The molecule has 2 aliphatic heterocycles. The second-order valence-corrected chi connectivity index (χ2v) is 12.7. The van der Waals surface area contributed by atoms with Crippen molar-refractivity contribution in [3.05, 3.63) is 34.9 Å². The molecule has 0 aromatic heterocycles. The Morgan fingerprint density at radius 3 is 2.10 bits per heavy atom. The van der Waals surface area contributed by atoms with Gasteiger partial charge in [-0.2, -0.15) is 0 Å². The predicted molar refractivity (Wildman–Crippen MR) is 155 cm³/mol. The number of carbonyl (C=O) groups excluding carboxylic acids is 3. The van der Waals surface area contributed by atoms with E-state index in [9.17, 15) is 14.4 Å². The quantitative estimate of drug-likeness (QED) is 0.490. The Bertz CT molecular complexity index is 976. The molecule has 2 N–H and O–H groups in total. The molecule has 1 aliphatic carbocycles. The van der Waals surface area contributed by atoms with E-state index in [0.717, 1.165) is 57.2 Å². The fourth-order valence-corrected chi connectivity index (χ4v) is 6.87. The third-order valence-electron chi connectivity index (χ3n) is 9.28. The van der Waals surface area contributed by atoms with Gasteiger partial charge in [-0.15, -0.1) is 0 Å². The Morgan fingerprint density at radius 1 is 0.923 bits per heavy atom. The number of nitrogens with one attached hydrogen (secondary N) is 2. The minimum absolute atomic E-state index is 0.0486. The van der Waals surface area contributed by atoms with Gasteiger partial charge in [-0.1, -0.05) is 56.8 Å². The largest absolute Gasteiger partial charge is 0.350 e. The summed E-state index contributed by atoms with van der Waals surface area (Å²) in [5.41, 5.74) is 0.862. The first kappa shape index (κ1) is 29.9. The molecule has 8 heteroatoms. The first-order chi connectivity index (χ1) is 18.7. The molecule has 3 aliphatic rings. The van der Waals surface area contributed by atoms with Crippen molar-refractivity contribution in [1.29, 1.82) is 0 Å². The Balaban J connectivity index is 1.45. The van der Waals surface area contributed by atoms with Gasteiger partial charge in [-0.25, -0.2) is 0 Å². The normalized spacial score (nSPS) is 21.6. The molecule has 3 amide bonds. The molecule has 216 valence electrons. The zero-order valence-corrected chi connectivity index (χ0v) is 24.8. The lowest BCUT2D eigenvalue weighted by atomic mass is 9.69. The molecular weight excluding hydrogens is 512 g/mol. The van der Waals surface area contributed by atoms with E-state index < -0.39 is 0 Å². The molecule has 2 heterocycles. The smallest absolute Gasteiger partial charge is 0.240 e. The van der Waals surface area contributed by atoms with Gasteiger partial charge in [0, 0.05) is 55.6 Å². The Morgan fingerprint density at radius 2 is 1.54 bits per heavy atom. The van der Waals surface area contributed by atoms with Crippen molar-refractivity contribution in [2.75, 3.05) is 26.2 Å². The lowest BCUT2D eigenvalue weighted by Crippen LogP contribution is -2.62. The highest BCUT2D eigenvalue weighted by atomic mass is 35.5. The molecule has 0 unspecified atom stereocenters. The summed E-state index contributed by atoms with van der Waals surface area (Å²) in [6, 6.07) is 7.59. The van der Waals surface area contributed by atoms with Crippen molar-refractivity contribution in [3.8, 4) is 0 Å². The monoisotopic (exact) mass is 558 g/mol. The number of nitrogens with zero attached hydrogens (tertiary/aromatic N) is 2. The van der Waals surface area contributed by atoms with Crippen LogP contribution in [0.5, 0.6) is 0 Å². The van der Waals surface area contributed by atoms with Crippen molar-refractivity contribution in [2.45, 2.75) is 103 Å². The molecule has 4 rings (SSSR count). The molecular formula is C31H47ClN4O3.